The summed E-state index contributed by atoms with van der Waals surface area (Å²) >= 11 is 11.3. The van der Waals surface area contributed by atoms with E-state index in [2.05, 4.69) is 46.9 Å². The van der Waals surface area contributed by atoms with Crippen LogP contribution >= 0.6 is 23.8 Å². The summed E-state index contributed by atoms with van der Waals surface area (Å²) in [7, 11) is 0. The predicted octanol–water partition coefficient (Wildman–Crippen LogP) is 4.56. The van der Waals surface area contributed by atoms with E-state index in [1.165, 1.54) is 18.4 Å². The van der Waals surface area contributed by atoms with Crippen LogP contribution in [-0.4, -0.2) is 21.4 Å². The van der Waals surface area contributed by atoms with Gasteiger partial charge in [0.15, 0.2) is 5.11 Å². The molecule has 0 unspecified atom stereocenters. The Balaban J connectivity index is 1.68. The zero-order valence-electron chi connectivity index (χ0n) is 14.3. The van der Waals surface area contributed by atoms with Crippen LogP contribution in [0.5, 0.6) is 0 Å². The Morgan fingerprint density at radius 3 is 2.62 bits per heavy atom. The third-order valence-corrected chi connectivity index (χ3v) is 4.52. The lowest BCUT2D eigenvalue weighted by molar-refractivity contribution is 0.561. The Kier molecular flexibility index (Phi) is 7.53. The zero-order chi connectivity index (χ0) is 17.4. The van der Waals surface area contributed by atoms with E-state index in [-0.39, 0.29) is 0 Å². The van der Waals surface area contributed by atoms with Crippen LogP contribution in [0.1, 0.15) is 37.4 Å². The summed E-state index contributed by atoms with van der Waals surface area (Å²) in [4.78, 5) is 0. The topological polar surface area (TPSA) is 41.9 Å². The lowest BCUT2D eigenvalue weighted by Crippen LogP contribution is -2.29. The molecule has 0 spiro atoms. The molecule has 1 heterocycles. The maximum absolute atomic E-state index is 5.99. The molecule has 0 amide bonds. The van der Waals surface area contributed by atoms with Gasteiger partial charge in [0.25, 0.3) is 0 Å². The van der Waals surface area contributed by atoms with Crippen molar-refractivity contribution in [1.29, 1.82) is 0 Å². The highest BCUT2D eigenvalue weighted by Crippen LogP contribution is 2.13. The molecule has 2 rings (SSSR count). The molecule has 2 aromatic rings. The summed E-state index contributed by atoms with van der Waals surface area (Å²) in [6, 6.07) is 8.47. The van der Waals surface area contributed by atoms with E-state index in [4.69, 9.17) is 23.8 Å². The Bertz CT molecular complexity index is 652. The summed E-state index contributed by atoms with van der Waals surface area (Å²) < 4.78 is 1.91. The van der Waals surface area contributed by atoms with Gasteiger partial charge in [-0.05, 0) is 56.1 Å². The summed E-state index contributed by atoms with van der Waals surface area (Å²) in [6.07, 6.45) is 6.19. The fraction of sp³-hybridized carbons (Fsp3) is 0.444. The lowest BCUT2D eigenvalue weighted by Gasteiger charge is -2.11. The van der Waals surface area contributed by atoms with Crippen LogP contribution in [0.4, 0.5) is 5.69 Å². The first-order valence-corrected chi connectivity index (χ1v) is 9.20. The van der Waals surface area contributed by atoms with Crippen molar-refractivity contribution in [3.05, 3.63) is 46.7 Å². The molecule has 1 aromatic heterocycles. The number of anilines is 1. The zero-order valence-corrected chi connectivity index (χ0v) is 15.9. The van der Waals surface area contributed by atoms with E-state index in [1.807, 2.05) is 11.6 Å². The summed E-state index contributed by atoms with van der Waals surface area (Å²) in [5.74, 6) is 0. The normalized spacial score (nSPS) is 10.6. The number of aromatic nitrogens is 2. The van der Waals surface area contributed by atoms with E-state index < -0.39 is 0 Å². The molecule has 0 aliphatic heterocycles. The standard InChI is InChI=1S/C18H25ClN4S/c1-3-4-6-15-7-9-16(10-8-15)22-18(24)20-11-5-12-23-14(2)17(19)13-21-23/h7-10,13H,3-6,11-12H2,1-2H3,(H2,20,22,24). The Morgan fingerprint density at radius 1 is 1.25 bits per heavy atom. The maximum atomic E-state index is 5.99. The second-order valence-corrected chi connectivity index (χ2v) is 6.65. The third-order valence-electron chi connectivity index (χ3n) is 3.91. The highest BCUT2D eigenvalue weighted by molar-refractivity contribution is 7.80. The average molecular weight is 365 g/mol. The van der Waals surface area contributed by atoms with Crippen LogP contribution in [-0.2, 0) is 13.0 Å². The van der Waals surface area contributed by atoms with Crippen LogP contribution < -0.4 is 10.6 Å². The Morgan fingerprint density at radius 2 is 2.00 bits per heavy atom. The van der Waals surface area contributed by atoms with Gasteiger partial charge in [-0.1, -0.05) is 37.1 Å². The molecule has 2 N–H and O–H groups in total. The minimum Gasteiger partial charge on any atom is -0.362 e. The van der Waals surface area contributed by atoms with Crippen molar-refractivity contribution >= 4 is 34.6 Å². The molecule has 0 aliphatic rings. The number of nitrogens with one attached hydrogen (secondary N) is 2. The van der Waals surface area contributed by atoms with Crippen molar-refractivity contribution in [2.75, 3.05) is 11.9 Å². The molecule has 24 heavy (non-hydrogen) atoms. The Labute approximate surface area is 154 Å². The first-order chi connectivity index (χ1) is 11.6. The number of halogens is 1. The van der Waals surface area contributed by atoms with Crippen LogP contribution in [0.25, 0.3) is 0 Å². The molecule has 4 nitrogen and oxygen atoms in total. The number of benzene rings is 1. The smallest absolute Gasteiger partial charge is 0.170 e. The minimum absolute atomic E-state index is 0.645. The van der Waals surface area contributed by atoms with Gasteiger partial charge in [-0.2, -0.15) is 5.10 Å². The number of hydrogen-bond donors (Lipinski definition) is 2. The van der Waals surface area contributed by atoms with Crippen molar-refractivity contribution in [1.82, 2.24) is 15.1 Å². The van der Waals surface area contributed by atoms with Gasteiger partial charge in [-0.15, -0.1) is 0 Å². The number of nitrogens with zero attached hydrogens (tertiary/aromatic N) is 2. The van der Waals surface area contributed by atoms with Gasteiger partial charge in [-0.25, -0.2) is 0 Å². The molecule has 0 bridgehead atoms. The number of aryl methyl sites for hydroxylation is 2. The van der Waals surface area contributed by atoms with E-state index >= 15 is 0 Å². The lowest BCUT2D eigenvalue weighted by atomic mass is 10.1. The number of rotatable bonds is 8. The highest BCUT2D eigenvalue weighted by atomic mass is 35.5. The molecule has 0 atom stereocenters. The van der Waals surface area contributed by atoms with Gasteiger partial charge < -0.3 is 10.6 Å². The number of hydrogen-bond acceptors (Lipinski definition) is 2. The molecule has 0 radical (unpaired) electrons. The third kappa shape index (κ3) is 5.80. The quantitative estimate of drug-likeness (QED) is 0.532. The van der Waals surface area contributed by atoms with Crippen molar-refractivity contribution in [3.63, 3.8) is 0 Å². The van der Waals surface area contributed by atoms with Crippen LogP contribution in [0.2, 0.25) is 5.02 Å². The van der Waals surface area contributed by atoms with Crippen molar-refractivity contribution in [2.45, 2.75) is 46.1 Å². The highest BCUT2D eigenvalue weighted by Gasteiger charge is 2.03. The molecular weight excluding hydrogens is 340 g/mol. The predicted molar refractivity (Wildman–Crippen MR) is 106 cm³/mol. The largest absolute Gasteiger partial charge is 0.362 e. The fourth-order valence-electron chi connectivity index (χ4n) is 2.39. The first kappa shape index (κ1) is 18.7. The number of thiocarbonyl (C=S) groups is 1. The molecule has 6 heteroatoms. The second kappa shape index (κ2) is 9.64. The van der Waals surface area contributed by atoms with E-state index in [0.29, 0.717) is 10.1 Å². The van der Waals surface area contributed by atoms with E-state index in [1.54, 1.807) is 6.20 Å². The van der Waals surface area contributed by atoms with Crippen molar-refractivity contribution in [2.24, 2.45) is 0 Å². The summed E-state index contributed by atoms with van der Waals surface area (Å²) in [5.41, 5.74) is 3.39. The van der Waals surface area contributed by atoms with E-state index in [9.17, 15) is 0 Å². The van der Waals surface area contributed by atoms with Gasteiger partial charge in [0, 0.05) is 18.8 Å². The monoisotopic (exact) mass is 364 g/mol. The van der Waals surface area contributed by atoms with Crippen LogP contribution in [0.15, 0.2) is 30.5 Å². The molecule has 0 aliphatic carbocycles. The van der Waals surface area contributed by atoms with Gasteiger partial charge in [0.1, 0.15) is 0 Å². The SMILES string of the molecule is CCCCc1ccc(NC(=S)NCCCn2ncc(Cl)c2C)cc1. The molecule has 0 saturated carbocycles. The van der Waals surface area contributed by atoms with Gasteiger partial charge in [-0.3, -0.25) is 4.68 Å². The molecule has 1 aromatic carbocycles. The Hall–Kier alpha value is -1.59. The fourth-order valence-corrected chi connectivity index (χ4v) is 2.75. The molecule has 0 fully saturated rings. The van der Waals surface area contributed by atoms with Crippen molar-refractivity contribution in [3.8, 4) is 0 Å². The van der Waals surface area contributed by atoms with E-state index in [0.717, 1.165) is 37.3 Å². The minimum atomic E-state index is 0.645. The summed E-state index contributed by atoms with van der Waals surface area (Å²) in [6.45, 7) is 5.79. The average Bonchev–Trinajstić information content (AvgIpc) is 2.90. The maximum Gasteiger partial charge on any atom is 0.170 e. The van der Waals surface area contributed by atoms with Gasteiger partial charge >= 0.3 is 0 Å². The van der Waals surface area contributed by atoms with Gasteiger partial charge in [0.2, 0.25) is 0 Å². The molecular formula is C18H25ClN4S. The first-order valence-electron chi connectivity index (χ1n) is 8.42. The van der Waals surface area contributed by atoms with Crippen LogP contribution in [0.3, 0.4) is 0 Å². The van der Waals surface area contributed by atoms with Gasteiger partial charge in [0.05, 0.1) is 16.9 Å². The second-order valence-electron chi connectivity index (χ2n) is 5.84. The van der Waals surface area contributed by atoms with Crippen molar-refractivity contribution < 1.29 is 0 Å². The molecule has 130 valence electrons. The summed E-state index contributed by atoms with van der Waals surface area (Å²) in [5, 5.41) is 12.0. The number of unbranched alkanes of at least 4 members (excludes halogenated alkanes) is 1. The van der Waals surface area contributed by atoms with Crippen LogP contribution in [0, 0.1) is 6.92 Å². The molecule has 0 saturated heterocycles.